The van der Waals surface area contributed by atoms with Crippen LogP contribution in [0.1, 0.15) is 40.8 Å². The van der Waals surface area contributed by atoms with Gasteiger partial charge in [-0.15, -0.1) is 0 Å². The first-order chi connectivity index (χ1) is 17.7. The van der Waals surface area contributed by atoms with Crippen molar-refractivity contribution in [1.29, 1.82) is 0 Å². The first-order valence-electron chi connectivity index (χ1n) is 12.4. The number of ether oxygens (including phenoxy) is 1. The highest BCUT2D eigenvalue weighted by molar-refractivity contribution is 5.72. The smallest absolute Gasteiger partial charge is 0.167 e. The zero-order valence-corrected chi connectivity index (χ0v) is 21.9. The maximum absolute atomic E-state index is 10.9. The molecule has 7 heteroatoms. The fourth-order valence-corrected chi connectivity index (χ4v) is 4.34. The van der Waals surface area contributed by atoms with Gasteiger partial charge in [-0.3, -0.25) is 0 Å². The highest BCUT2D eigenvalue weighted by atomic mass is 16.5. The predicted molar refractivity (Wildman–Crippen MR) is 144 cm³/mol. The van der Waals surface area contributed by atoms with E-state index in [1.54, 1.807) is 12.1 Å². The molecule has 0 bridgehead atoms. The molecular weight excluding hydrogens is 466 g/mol. The van der Waals surface area contributed by atoms with Crippen LogP contribution in [0, 0.1) is 27.7 Å². The van der Waals surface area contributed by atoms with Gasteiger partial charge in [0, 0.05) is 17.7 Å². The lowest BCUT2D eigenvalue weighted by Crippen LogP contribution is -2.24. The molecule has 0 saturated heterocycles. The molecule has 0 fully saturated rings. The number of phenols is 1. The van der Waals surface area contributed by atoms with Gasteiger partial charge < -0.3 is 20.1 Å². The number of aromatic hydroxyl groups is 1. The molecule has 192 valence electrons. The number of aryl methyl sites for hydroxylation is 4. The van der Waals surface area contributed by atoms with Gasteiger partial charge in [-0.1, -0.05) is 53.6 Å². The first kappa shape index (κ1) is 26.4. The molecule has 0 aliphatic carbocycles. The number of hydrogen-bond donors (Lipinski definition) is 3. The summed E-state index contributed by atoms with van der Waals surface area (Å²) in [4.78, 5) is 14.3. The van der Waals surface area contributed by atoms with Crippen LogP contribution in [0.25, 0.3) is 34.2 Å². The van der Waals surface area contributed by atoms with Crippen LogP contribution in [0.5, 0.6) is 5.75 Å². The maximum Gasteiger partial charge on any atom is 0.167 e. The van der Waals surface area contributed by atoms with Gasteiger partial charge >= 0.3 is 0 Å². The van der Waals surface area contributed by atoms with Crippen molar-refractivity contribution in [3.63, 3.8) is 0 Å². The number of hydrogen-bond acceptors (Lipinski definition) is 7. The third-order valence-corrected chi connectivity index (χ3v) is 6.34. The topological polar surface area (TPSA) is 109 Å². The molecule has 3 N–H and O–H groups in total. The van der Waals surface area contributed by atoms with Crippen LogP contribution >= 0.6 is 0 Å². The Morgan fingerprint density at radius 1 is 0.703 bits per heavy atom. The highest BCUT2D eigenvalue weighted by Crippen LogP contribution is 2.34. The number of benzene rings is 3. The van der Waals surface area contributed by atoms with Crippen molar-refractivity contribution >= 4 is 0 Å². The second kappa shape index (κ2) is 11.2. The van der Waals surface area contributed by atoms with E-state index in [0.717, 1.165) is 33.4 Å². The second-order valence-electron chi connectivity index (χ2n) is 9.39. The van der Waals surface area contributed by atoms with Gasteiger partial charge in [0.05, 0.1) is 12.2 Å². The van der Waals surface area contributed by atoms with Crippen LogP contribution in [0.3, 0.4) is 0 Å². The molecule has 4 rings (SSSR count). The molecule has 0 aliphatic rings. The minimum absolute atomic E-state index is 0.00777. The summed E-state index contributed by atoms with van der Waals surface area (Å²) in [5, 5.41) is 31.6. The molecule has 0 radical (unpaired) electrons. The standard InChI is InChI=1S/C30H33N3O4/c1-6-37-16-26(35)27(36)21-9-12-24(25(34)15-21)30-32-28(22-10-7-17(2)13-19(22)4)31-29(33-30)23-11-8-18(3)14-20(23)5/h7-15,26-27,34-36H,6,16H2,1-5H3. The van der Waals surface area contributed by atoms with Gasteiger partial charge in [0.1, 0.15) is 18.0 Å². The van der Waals surface area contributed by atoms with E-state index in [4.69, 9.17) is 19.7 Å². The summed E-state index contributed by atoms with van der Waals surface area (Å²) in [6, 6.07) is 16.9. The summed E-state index contributed by atoms with van der Waals surface area (Å²) in [5.74, 6) is 1.22. The van der Waals surface area contributed by atoms with Gasteiger partial charge in [0.2, 0.25) is 0 Å². The minimum atomic E-state index is -1.21. The van der Waals surface area contributed by atoms with Crippen LogP contribution in [0.4, 0.5) is 0 Å². The van der Waals surface area contributed by atoms with E-state index in [1.165, 1.54) is 6.07 Å². The van der Waals surface area contributed by atoms with Crippen molar-refractivity contribution in [2.75, 3.05) is 13.2 Å². The lowest BCUT2D eigenvalue weighted by Gasteiger charge is -2.19. The zero-order chi connectivity index (χ0) is 26.7. The molecule has 3 aromatic carbocycles. The van der Waals surface area contributed by atoms with Crippen molar-refractivity contribution in [2.24, 2.45) is 0 Å². The summed E-state index contributed by atoms with van der Waals surface area (Å²) in [6.07, 6.45) is -2.32. The lowest BCUT2D eigenvalue weighted by atomic mass is 10.0. The molecule has 37 heavy (non-hydrogen) atoms. The normalized spacial score (nSPS) is 12.9. The summed E-state index contributed by atoms with van der Waals surface area (Å²) in [7, 11) is 0. The van der Waals surface area contributed by atoms with E-state index in [-0.39, 0.29) is 12.4 Å². The Labute approximate surface area is 217 Å². The molecule has 4 aromatic rings. The molecule has 2 atom stereocenters. The van der Waals surface area contributed by atoms with E-state index in [2.05, 4.69) is 12.1 Å². The number of aliphatic hydroxyl groups excluding tert-OH is 2. The van der Waals surface area contributed by atoms with Gasteiger partial charge in [0.25, 0.3) is 0 Å². The molecule has 0 saturated carbocycles. The van der Waals surface area contributed by atoms with Crippen molar-refractivity contribution < 1.29 is 20.1 Å². The van der Waals surface area contributed by atoms with Crippen molar-refractivity contribution in [3.05, 3.63) is 82.4 Å². The number of rotatable bonds is 8. The fourth-order valence-electron chi connectivity index (χ4n) is 4.34. The number of aliphatic hydroxyl groups is 2. The van der Waals surface area contributed by atoms with E-state index in [1.807, 2.05) is 58.9 Å². The molecule has 0 spiro atoms. The van der Waals surface area contributed by atoms with Gasteiger partial charge in [-0.2, -0.15) is 0 Å². The lowest BCUT2D eigenvalue weighted by molar-refractivity contribution is -0.0367. The molecular formula is C30H33N3O4. The number of aromatic nitrogens is 3. The summed E-state index contributed by atoms with van der Waals surface area (Å²) in [6.45, 7) is 10.3. The molecule has 0 aliphatic heterocycles. The molecule has 1 aromatic heterocycles. The van der Waals surface area contributed by atoms with E-state index < -0.39 is 12.2 Å². The zero-order valence-electron chi connectivity index (χ0n) is 21.9. The van der Waals surface area contributed by atoms with Gasteiger partial charge in [-0.05, 0) is 63.4 Å². The third-order valence-electron chi connectivity index (χ3n) is 6.34. The summed E-state index contributed by atoms with van der Waals surface area (Å²) < 4.78 is 5.21. The van der Waals surface area contributed by atoms with Crippen molar-refractivity contribution in [1.82, 2.24) is 15.0 Å². The van der Waals surface area contributed by atoms with Crippen LogP contribution in [0.2, 0.25) is 0 Å². The Kier molecular flexibility index (Phi) is 7.97. The quantitative estimate of drug-likeness (QED) is 0.304. The van der Waals surface area contributed by atoms with Crippen LogP contribution in [-0.4, -0.2) is 49.6 Å². The summed E-state index contributed by atoms with van der Waals surface area (Å²) in [5.41, 5.74) is 6.88. The van der Waals surface area contributed by atoms with E-state index >= 15 is 0 Å². The molecule has 1 heterocycles. The Hall–Kier alpha value is -3.65. The average Bonchev–Trinajstić information content (AvgIpc) is 2.86. The third kappa shape index (κ3) is 5.85. The SMILES string of the molecule is CCOCC(O)C(O)c1ccc(-c2nc(-c3ccc(C)cc3C)nc(-c3ccc(C)cc3C)n2)c(O)c1. The van der Waals surface area contributed by atoms with Crippen LogP contribution in [-0.2, 0) is 4.74 Å². The Bertz CT molecular complexity index is 1350. The number of phenolic OH excluding ortho intramolecular Hbond substituents is 1. The Morgan fingerprint density at radius 2 is 1.19 bits per heavy atom. The molecule has 0 amide bonds. The fraction of sp³-hybridized carbons (Fsp3) is 0.300. The Morgan fingerprint density at radius 3 is 1.65 bits per heavy atom. The monoisotopic (exact) mass is 499 g/mol. The van der Waals surface area contributed by atoms with Crippen LogP contribution < -0.4 is 0 Å². The second-order valence-corrected chi connectivity index (χ2v) is 9.39. The predicted octanol–water partition coefficient (Wildman–Crippen LogP) is 5.24. The van der Waals surface area contributed by atoms with Crippen LogP contribution in [0.15, 0.2) is 54.6 Å². The first-order valence-corrected chi connectivity index (χ1v) is 12.4. The van der Waals surface area contributed by atoms with E-state index in [0.29, 0.717) is 35.2 Å². The van der Waals surface area contributed by atoms with Gasteiger partial charge in [-0.25, -0.2) is 15.0 Å². The Balaban J connectivity index is 1.83. The molecule has 2 unspecified atom stereocenters. The van der Waals surface area contributed by atoms with Crippen molar-refractivity contribution in [3.8, 4) is 39.9 Å². The maximum atomic E-state index is 10.9. The highest BCUT2D eigenvalue weighted by Gasteiger charge is 2.22. The summed E-state index contributed by atoms with van der Waals surface area (Å²) >= 11 is 0. The van der Waals surface area contributed by atoms with Crippen molar-refractivity contribution in [2.45, 2.75) is 46.8 Å². The van der Waals surface area contributed by atoms with Gasteiger partial charge in [0.15, 0.2) is 17.5 Å². The van der Waals surface area contributed by atoms with E-state index in [9.17, 15) is 15.3 Å². The molecule has 7 nitrogen and oxygen atoms in total. The number of nitrogens with zero attached hydrogens (tertiary/aromatic N) is 3. The largest absolute Gasteiger partial charge is 0.507 e. The average molecular weight is 500 g/mol. The minimum Gasteiger partial charge on any atom is -0.507 e.